The van der Waals surface area contributed by atoms with E-state index in [0.29, 0.717) is 18.0 Å². The molecule has 0 fully saturated rings. The smallest absolute Gasteiger partial charge is 0.338 e. The van der Waals surface area contributed by atoms with Gasteiger partial charge in [-0.15, -0.1) is 0 Å². The van der Waals surface area contributed by atoms with Crippen LogP contribution in [-0.4, -0.2) is 30.1 Å². The van der Waals surface area contributed by atoms with Gasteiger partial charge in [0.25, 0.3) is 5.91 Å². The summed E-state index contributed by atoms with van der Waals surface area (Å²) in [5.74, 6) is -0.566. The highest BCUT2D eigenvalue weighted by atomic mass is 35.5. The molecule has 1 N–H and O–H groups in total. The summed E-state index contributed by atoms with van der Waals surface area (Å²) in [7, 11) is 0. The lowest BCUT2D eigenvalue weighted by Crippen LogP contribution is -2.21. The molecule has 2 rings (SSSR count). The van der Waals surface area contributed by atoms with Gasteiger partial charge >= 0.3 is 5.97 Å². The molecule has 1 aromatic heterocycles. The molecule has 0 atom stereocenters. The first kappa shape index (κ1) is 16.8. The summed E-state index contributed by atoms with van der Waals surface area (Å²) < 4.78 is 10.3. The second kappa shape index (κ2) is 8.14. The minimum absolute atomic E-state index is 0.176. The molecule has 0 aliphatic carbocycles. The van der Waals surface area contributed by atoms with Crippen LogP contribution in [0.25, 0.3) is 0 Å². The third-order valence-corrected chi connectivity index (χ3v) is 2.96. The summed E-state index contributed by atoms with van der Waals surface area (Å²) in [5, 5.41) is 2.81. The number of anilines is 1. The van der Waals surface area contributed by atoms with Crippen molar-refractivity contribution in [1.82, 2.24) is 4.98 Å². The van der Waals surface area contributed by atoms with E-state index in [1.54, 1.807) is 24.3 Å². The lowest BCUT2D eigenvalue weighted by atomic mass is 10.3. The highest BCUT2D eigenvalue weighted by Crippen LogP contribution is 2.23. The standard InChI is InChI=1S/C16H15ClN2O4/c1-2-22-13-6-4-3-5-12(13)19-15(20)10-23-16(21)11-7-8-18-14(17)9-11/h3-9H,2,10H2,1H3,(H,19,20). The molecule has 1 aromatic carbocycles. The Morgan fingerprint density at radius 1 is 1.26 bits per heavy atom. The van der Waals surface area contributed by atoms with E-state index < -0.39 is 18.5 Å². The molecule has 0 aliphatic rings. The van der Waals surface area contributed by atoms with Gasteiger partial charge in [0, 0.05) is 6.20 Å². The fourth-order valence-corrected chi connectivity index (χ4v) is 1.96. The first-order chi connectivity index (χ1) is 11.1. The lowest BCUT2D eigenvalue weighted by molar-refractivity contribution is -0.119. The molecule has 1 amide bonds. The van der Waals surface area contributed by atoms with Gasteiger partial charge in [0.05, 0.1) is 17.9 Å². The summed E-state index contributed by atoms with van der Waals surface area (Å²) in [6.07, 6.45) is 1.39. The van der Waals surface area contributed by atoms with Crippen molar-refractivity contribution < 1.29 is 19.1 Å². The Morgan fingerprint density at radius 2 is 2.04 bits per heavy atom. The zero-order valence-electron chi connectivity index (χ0n) is 12.4. The number of para-hydroxylation sites is 2. The van der Waals surface area contributed by atoms with E-state index in [1.807, 2.05) is 6.92 Å². The number of carbonyl (C=O) groups excluding carboxylic acids is 2. The number of nitrogens with zero attached hydrogens (tertiary/aromatic N) is 1. The molecule has 0 bridgehead atoms. The van der Waals surface area contributed by atoms with Gasteiger partial charge in [0.15, 0.2) is 6.61 Å². The number of esters is 1. The summed E-state index contributed by atoms with van der Waals surface area (Å²) in [4.78, 5) is 27.5. The van der Waals surface area contributed by atoms with E-state index >= 15 is 0 Å². The quantitative estimate of drug-likeness (QED) is 0.649. The third-order valence-electron chi connectivity index (χ3n) is 2.76. The number of amides is 1. The van der Waals surface area contributed by atoms with Crippen LogP contribution >= 0.6 is 11.6 Å². The van der Waals surface area contributed by atoms with Crippen molar-refractivity contribution in [3.05, 3.63) is 53.3 Å². The predicted molar refractivity (Wildman–Crippen MR) is 85.8 cm³/mol. The molecule has 0 unspecified atom stereocenters. The average Bonchev–Trinajstić information content (AvgIpc) is 2.54. The molecule has 0 saturated carbocycles. The second-order valence-corrected chi connectivity index (χ2v) is 4.81. The topological polar surface area (TPSA) is 77.5 Å². The van der Waals surface area contributed by atoms with Crippen LogP contribution in [-0.2, 0) is 9.53 Å². The van der Waals surface area contributed by atoms with Crippen molar-refractivity contribution >= 4 is 29.2 Å². The normalized spacial score (nSPS) is 10.0. The van der Waals surface area contributed by atoms with Crippen LogP contribution in [0.4, 0.5) is 5.69 Å². The van der Waals surface area contributed by atoms with Crippen LogP contribution < -0.4 is 10.1 Å². The number of carbonyl (C=O) groups is 2. The van der Waals surface area contributed by atoms with Gasteiger partial charge in [-0.3, -0.25) is 4.79 Å². The van der Waals surface area contributed by atoms with Crippen molar-refractivity contribution in [1.29, 1.82) is 0 Å². The van der Waals surface area contributed by atoms with Gasteiger partial charge in [-0.05, 0) is 31.2 Å². The first-order valence-corrected chi connectivity index (χ1v) is 7.28. The summed E-state index contributed by atoms with van der Waals surface area (Å²) in [6.45, 7) is 1.91. The maximum atomic E-state index is 11.9. The predicted octanol–water partition coefficient (Wildman–Crippen LogP) is 2.93. The van der Waals surface area contributed by atoms with Crippen LogP contribution in [0.2, 0.25) is 5.15 Å². The van der Waals surface area contributed by atoms with E-state index in [0.717, 1.165) is 0 Å². The van der Waals surface area contributed by atoms with Gasteiger partial charge in [0.2, 0.25) is 0 Å². The Hall–Kier alpha value is -2.60. The molecule has 0 radical (unpaired) electrons. The number of nitrogens with one attached hydrogen (secondary N) is 1. The number of ether oxygens (including phenoxy) is 2. The van der Waals surface area contributed by atoms with Crippen molar-refractivity contribution in [2.24, 2.45) is 0 Å². The van der Waals surface area contributed by atoms with Crippen molar-refractivity contribution in [3.8, 4) is 5.75 Å². The van der Waals surface area contributed by atoms with Crippen LogP contribution in [0.1, 0.15) is 17.3 Å². The number of hydrogen-bond donors (Lipinski definition) is 1. The summed E-state index contributed by atoms with van der Waals surface area (Å²) >= 11 is 5.69. The molecule has 0 spiro atoms. The molecule has 23 heavy (non-hydrogen) atoms. The molecule has 0 aliphatic heterocycles. The van der Waals surface area contributed by atoms with Gasteiger partial charge in [0.1, 0.15) is 10.9 Å². The van der Waals surface area contributed by atoms with Crippen LogP contribution in [0.5, 0.6) is 5.75 Å². The maximum absolute atomic E-state index is 11.9. The van der Waals surface area contributed by atoms with Gasteiger partial charge in [-0.1, -0.05) is 23.7 Å². The van der Waals surface area contributed by atoms with E-state index in [9.17, 15) is 9.59 Å². The minimum Gasteiger partial charge on any atom is -0.492 e. The molecule has 120 valence electrons. The van der Waals surface area contributed by atoms with Crippen LogP contribution in [0.15, 0.2) is 42.6 Å². The highest BCUT2D eigenvalue weighted by molar-refractivity contribution is 6.29. The Kier molecular flexibility index (Phi) is 5.94. The maximum Gasteiger partial charge on any atom is 0.338 e. The van der Waals surface area contributed by atoms with Gasteiger partial charge in [-0.2, -0.15) is 0 Å². The Bertz CT molecular complexity index is 706. The minimum atomic E-state index is -0.650. The third kappa shape index (κ3) is 4.96. The zero-order valence-corrected chi connectivity index (χ0v) is 13.2. The monoisotopic (exact) mass is 334 g/mol. The Labute approximate surface area is 138 Å². The molecular weight excluding hydrogens is 320 g/mol. The largest absolute Gasteiger partial charge is 0.492 e. The summed E-state index contributed by atoms with van der Waals surface area (Å²) in [5.41, 5.74) is 0.745. The Morgan fingerprint density at radius 3 is 2.78 bits per heavy atom. The lowest BCUT2D eigenvalue weighted by Gasteiger charge is -2.11. The first-order valence-electron chi connectivity index (χ1n) is 6.90. The zero-order chi connectivity index (χ0) is 16.7. The molecule has 0 saturated heterocycles. The number of hydrogen-bond acceptors (Lipinski definition) is 5. The number of rotatable bonds is 6. The second-order valence-electron chi connectivity index (χ2n) is 4.42. The number of halogens is 1. The van der Waals surface area contributed by atoms with E-state index in [1.165, 1.54) is 18.3 Å². The van der Waals surface area contributed by atoms with Crippen LogP contribution in [0, 0.1) is 0 Å². The van der Waals surface area contributed by atoms with Crippen molar-refractivity contribution in [2.75, 3.05) is 18.5 Å². The average molecular weight is 335 g/mol. The van der Waals surface area contributed by atoms with E-state index in [4.69, 9.17) is 21.1 Å². The highest BCUT2D eigenvalue weighted by Gasteiger charge is 2.12. The van der Waals surface area contributed by atoms with Crippen molar-refractivity contribution in [2.45, 2.75) is 6.92 Å². The van der Waals surface area contributed by atoms with Crippen molar-refractivity contribution in [3.63, 3.8) is 0 Å². The molecular formula is C16H15ClN2O4. The number of aromatic nitrogens is 1. The number of pyridine rings is 1. The molecule has 1 heterocycles. The van der Waals surface area contributed by atoms with Gasteiger partial charge < -0.3 is 14.8 Å². The molecule has 7 heteroatoms. The Balaban J connectivity index is 1.92. The number of benzene rings is 1. The van der Waals surface area contributed by atoms with Gasteiger partial charge in [-0.25, -0.2) is 9.78 Å². The van der Waals surface area contributed by atoms with E-state index in [-0.39, 0.29) is 10.7 Å². The summed E-state index contributed by atoms with van der Waals surface area (Å²) in [6, 6.07) is 9.83. The van der Waals surface area contributed by atoms with Crippen LogP contribution in [0.3, 0.4) is 0 Å². The SMILES string of the molecule is CCOc1ccccc1NC(=O)COC(=O)c1ccnc(Cl)c1. The molecule has 6 nitrogen and oxygen atoms in total. The fraction of sp³-hybridized carbons (Fsp3) is 0.188. The molecule has 2 aromatic rings. The fourth-order valence-electron chi connectivity index (χ4n) is 1.78. The van der Waals surface area contributed by atoms with E-state index in [2.05, 4.69) is 10.3 Å².